The Bertz CT molecular complexity index is 891. The highest BCUT2D eigenvalue weighted by Crippen LogP contribution is 2.31. The number of rotatable bonds is 8. The Kier molecular flexibility index (Phi) is 10.7. The Morgan fingerprint density at radius 1 is 0.972 bits per heavy atom. The monoisotopic (exact) mass is 509 g/mol. The lowest BCUT2D eigenvalue weighted by Crippen LogP contribution is -2.36. The fourth-order valence-electron chi connectivity index (χ4n) is 5.31. The molecule has 2 fully saturated rings. The maximum Gasteiger partial charge on any atom is 0.490 e. The number of carbonyl (C=O) groups is 1. The van der Waals surface area contributed by atoms with Crippen molar-refractivity contribution in [2.24, 2.45) is 23.5 Å². The number of aliphatic carboxylic acids is 1. The van der Waals surface area contributed by atoms with E-state index in [0.29, 0.717) is 0 Å². The lowest BCUT2D eigenvalue weighted by molar-refractivity contribution is -0.192. The number of nitrogens with two attached hydrogens (primary N) is 1. The first-order chi connectivity index (χ1) is 17.2. The molecular weight excluding hydrogens is 471 g/mol. The molecule has 0 radical (unpaired) electrons. The molecule has 7 nitrogen and oxygen atoms in total. The molecule has 0 bridgehead atoms. The third-order valence-corrected chi connectivity index (χ3v) is 7.33. The van der Waals surface area contributed by atoms with Crippen molar-refractivity contribution in [3.05, 3.63) is 42.5 Å². The number of alkyl halides is 3. The molecular formula is C26H38F3N5O2. The van der Waals surface area contributed by atoms with Crippen LogP contribution >= 0.6 is 0 Å². The Morgan fingerprint density at radius 3 is 2.03 bits per heavy atom. The number of benzene rings is 1. The first-order valence-electron chi connectivity index (χ1n) is 12.9. The van der Waals surface area contributed by atoms with E-state index >= 15 is 0 Å². The summed E-state index contributed by atoms with van der Waals surface area (Å²) in [5.41, 5.74) is 8.38. The molecule has 0 unspecified atom stereocenters. The molecule has 0 amide bonds. The number of carboxylic acids is 1. The molecule has 3 N–H and O–H groups in total. The molecule has 1 aromatic carbocycles. The molecule has 4 rings (SSSR count). The molecule has 200 valence electrons. The van der Waals surface area contributed by atoms with Crippen LogP contribution in [0.5, 0.6) is 0 Å². The molecule has 0 aliphatic heterocycles. The van der Waals surface area contributed by atoms with Crippen molar-refractivity contribution >= 4 is 5.97 Å². The van der Waals surface area contributed by atoms with Gasteiger partial charge in [0, 0.05) is 19.6 Å². The number of hydrogen-bond donors (Lipinski definition) is 2. The zero-order valence-electron chi connectivity index (χ0n) is 20.7. The summed E-state index contributed by atoms with van der Waals surface area (Å²) in [7, 11) is 0. The quantitative estimate of drug-likeness (QED) is 0.517. The minimum Gasteiger partial charge on any atom is -0.475 e. The number of nitrogens with zero attached hydrogens (tertiary/aromatic N) is 4. The van der Waals surface area contributed by atoms with Gasteiger partial charge in [-0.2, -0.15) is 18.3 Å². The number of carboxylic acid groups (broad SMARTS) is 1. The van der Waals surface area contributed by atoms with Gasteiger partial charge < -0.3 is 10.8 Å². The zero-order chi connectivity index (χ0) is 26.0. The molecule has 2 aromatic rings. The van der Waals surface area contributed by atoms with Crippen LogP contribution in [0.25, 0.3) is 5.69 Å². The van der Waals surface area contributed by atoms with E-state index in [0.717, 1.165) is 36.5 Å². The van der Waals surface area contributed by atoms with Crippen LogP contribution in [0.15, 0.2) is 36.9 Å². The Morgan fingerprint density at radius 2 is 1.53 bits per heavy atom. The molecule has 10 heteroatoms. The van der Waals surface area contributed by atoms with Crippen molar-refractivity contribution in [2.45, 2.75) is 70.5 Å². The summed E-state index contributed by atoms with van der Waals surface area (Å²) in [5, 5.41) is 11.4. The predicted octanol–water partition coefficient (Wildman–Crippen LogP) is 5.05. The molecule has 0 atom stereocenters. The predicted molar refractivity (Wildman–Crippen MR) is 131 cm³/mol. The molecule has 0 spiro atoms. The fraction of sp³-hybridized carbons (Fsp3) is 0.654. The molecule has 1 heterocycles. The Balaban J connectivity index is 0.000000454. The highest BCUT2D eigenvalue weighted by Gasteiger charge is 2.38. The second-order valence-corrected chi connectivity index (χ2v) is 10.1. The smallest absolute Gasteiger partial charge is 0.475 e. The third-order valence-electron chi connectivity index (χ3n) is 7.33. The maximum atomic E-state index is 10.6. The topological polar surface area (TPSA) is 97.3 Å². The Labute approximate surface area is 210 Å². The number of hydrogen-bond acceptors (Lipinski definition) is 5. The summed E-state index contributed by atoms with van der Waals surface area (Å²) in [6, 6.07) is 8.84. The first kappa shape index (κ1) is 28.1. The third kappa shape index (κ3) is 9.20. The van der Waals surface area contributed by atoms with Crippen molar-refractivity contribution in [3.8, 4) is 5.69 Å². The van der Waals surface area contributed by atoms with Gasteiger partial charge in [-0.3, -0.25) is 4.90 Å². The van der Waals surface area contributed by atoms with Gasteiger partial charge >= 0.3 is 12.1 Å². The van der Waals surface area contributed by atoms with Gasteiger partial charge in [-0.05, 0) is 80.5 Å². The molecule has 2 aliphatic rings. The highest BCUT2D eigenvalue weighted by atomic mass is 19.4. The van der Waals surface area contributed by atoms with Gasteiger partial charge in [-0.15, -0.1) is 0 Å². The average Bonchev–Trinajstić information content (AvgIpc) is 3.40. The second kappa shape index (κ2) is 13.7. The normalized spacial score (nSPS) is 21.1. The Hall–Kier alpha value is -2.46. The van der Waals surface area contributed by atoms with Crippen LogP contribution in [0.3, 0.4) is 0 Å². The number of aromatic nitrogens is 3. The lowest BCUT2D eigenvalue weighted by Gasteiger charge is -2.35. The van der Waals surface area contributed by atoms with Gasteiger partial charge in [0.15, 0.2) is 0 Å². The maximum absolute atomic E-state index is 10.6. The van der Waals surface area contributed by atoms with Crippen LogP contribution in [0.2, 0.25) is 0 Å². The summed E-state index contributed by atoms with van der Waals surface area (Å²) in [4.78, 5) is 15.7. The van der Waals surface area contributed by atoms with Crippen molar-refractivity contribution in [2.75, 3.05) is 19.6 Å². The zero-order valence-corrected chi connectivity index (χ0v) is 20.7. The molecule has 2 saturated carbocycles. The highest BCUT2D eigenvalue weighted by molar-refractivity contribution is 5.73. The van der Waals surface area contributed by atoms with E-state index < -0.39 is 12.1 Å². The lowest BCUT2D eigenvalue weighted by atomic mass is 9.81. The van der Waals surface area contributed by atoms with E-state index in [1.807, 2.05) is 4.68 Å². The molecule has 36 heavy (non-hydrogen) atoms. The van der Waals surface area contributed by atoms with Crippen molar-refractivity contribution in [1.82, 2.24) is 19.7 Å². The van der Waals surface area contributed by atoms with Gasteiger partial charge in [0.25, 0.3) is 0 Å². The fourth-order valence-corrected chi connectivity index (χ4v) is 5.31. The second-order valence-electron chi connectivity index (χ2n) is 10.1. The van der Waals surface area contributed by atoms with E-state index in [9.17, 15) is 13.2 Å². The average molecular weight is 510 g/mol. The van der Waals surface area contributed by atoms with E-state index in [4.69, 9.17) is 15.6 Å². The van der Waals surface area contributed by atoms with Gasteiger partial charge in [0.05, 0.1) is 5.69 Å². The van der Waals surface area contributed by atoms with E-state index in [2.05, 4.69) is 39.2 Å². The minimum absolute atomic E-state index is 0.766. The van der Waals surface area contributed by atoms with Crippen LogP contribution in [0, 0.1) is 17.8 Å². The van der Waals surface area contributed by atoms with Crippen LogP contribution in [0.4, 0.5) is 13.2 Å². The van der Waals surface area contributed by atoms with Crippen molar-refractivity contribution < 1.29 is 23.1 Å². The van der Waals surface area contributed by atoms with Gasteiger partial charge in [-0.1, -0.05) is 31.4 Å². The number of halogens is 3. The summed E-state index contributed by atoms with van der Waals surface area (Å²) in [6.07, 6.45) is 10.7. The van der Waals surface area contributed by atoms with Gasteiger partial charge in [0.1, 0.15) is 12.7 Å². The molecule has 2 aliphatic carbocycles. The summed E-state index contributed by atoms with van der Waals surface area (Å²) < 4.78 is 33.6. The van der Waals surface area contributed by atoms with Gasteiger partial charge in [-0.25, -0.2) is 14.5 Å². The minimum atomic E-state index is -5.08. The van der Waals surface area contributed by atoms with E-state index in [1.165, 1.54) is 76.4 Å². The van der Waals surface area contributed by atoms with Crippen LogP contribution in [-0.4, -0.2) is 56.6 Å². The van der Waals surface area contributed by atoms with E-state index in [1.54, 1.807) is 12.7 Å². The molecule has 0 saturated heterocycles. The van der Waals surface area contributed by atoms with Crippen molar-refractivity contribution in [1.29, 1.82) is 0 Å². The summed E-state index contributed by atoms with van der Waals surface area (Å²) in [6.45, 7) is 4.45. The van der Waals surface area contributed by atoms with E-state index in [-0.39, 0.29) is 0 Å². The SMILES string of the molecule is NCC1CCC(CN(Cc2ccc(-n3cncn3)cc2)CC2CCCCC2)CC1.O=C(O)C(F)(F)F. The largest absolute Gasteiger partial charge is 0.490 e. The van der Waals surface area contributed by atoms with Gasteiger partial charge in [0.2, 0.25) is 0 Å². The van der Waals surface area contributed by atoms with Crippen LogP contribution in [0.1, 0.15) is 63.4 Å². The molecule has 1 aromatic heterocycles. The van der Waals surface area contributed by atoms with Crippen LogP contribution < -0.4 is 5.73 Å². The van der Waals surface area contributed by atoms with Crippen molar-refractivity contribution in [3.63, 3.8) is 0 Å². The summed E-state index contributed by atoms with van der Waals surface area (Å²) >= 11 is 0. The standard InChI is InChI=1S/C24H37N5.C2HF3O2/c25-14-20-6-8-22(9-7-20)16-28(15-21-4-2-1-3-5-21)17-23-10-12-24(13-11-23)29-19-26-18-27-29;3-2(4,5)1(6)7/h10-13,18-22H,1-9,14-17,25H2;(H,6,7). The first-order valence-corrected chi connectivity index (χ1v) is 12.9. The summed E-state index contributed by atoms with van der Waals surface area (Å²) in [5.74, 6) is -0.260. The van der Waals surface area contributed by atoms with Crippen LogP contribution in [-0.2, 0) is 11.3 Å².